The molecule has 0 spiro atoms. The molecule has 2 atom stereocenters. The number of nitrogens with one attached hydrogen (secondary N) is 1. The zero-order chi connectivity index (χ0) is 19.3. The van der Waals surface area contributed by atoms with Crippen molar-refractivity contribution in [2.45, 2.75) is 31.6 Å². The van der Waals surface area contributed by atoms with Crippen LogP contribution in [-0.4, -0.2) is 34.6 Å². The van der Waals surface area contributed by atoms with E-state index in [9.17, 15) is 5.11 Å². The molecule has 1 aromatic heterocycles. The van der Waals surface area contributed by atoms with Gasteiger partial charge in [-0.15, -0.1) is 6.58 Å². The monoisotopic (exact) mass is 372 g/mol. The number of aromatic hydroxyl groups is 1. The van der Waals surface area contributed by atoms with Gasteiger partial charge in [-0.3, -0.25) is 4.90 Å². The van der Waals surface area contributed by atoms with Crippen molar-refractivity contribution in [3.05, 3.63) is 77.5 Å². The molecule has 2 aliphatic rings. The first-order chi connectivity index (χ1) is 13.6. The summed E-state index contributed by atoms with van der Waals surface area (Å²) in [5.41, 5.74) is 6.87. The van der Waals surface area contributed by atoms with Gasteiger partial charge < -0.3 is 10.1 Å². The zero-order valence-electron chi connectivity index (χ0n) is 16.5. The molecule has 0 bridgehead atoms. The summed E-state index contributed by atoms with van der Waals surface area (Å²) in [7, 11) is 0. The third-order valence-corrected chi connectivity index (χ3v) is 7.12. The fourth-order valence-corrected chi connectivity index (χ4v) is 5.70. The molecular formula is C25H28N2O. The number of piperidine rings is 1. The first kappa shape index (κ1) is 17.6. The smallest absolute Gasteiger partial charge is 0.115 e. The van der Waals surface area contributed by atoms with Crippen molar-refractivity contribution in [2.75, 3.05) is 19.6 Å². The van der Waals surface area contributed by atoms with E-state index in [2.05, 4.69) is 47.7 Å². The standard InChI is InChI=1S/C25H28N2O/c1-3-11-27-12-10-25(18-7-5-8-20(28)13-18)15-23-22(14-19(25)16-27)21-9-4-6-17(2)24(21)26-23/h3-9,13,19,26,28H,1,10-12,14-16H2,2H3. The van der Waals surface area contributed by atoms with Crippen LogP contribution >= 0.6 is 0 Å². The van der Waals surface area contributed by atoms with E-state index >= 15 is 0 Å². The Balaban J connectivity index is 1.65. The van der Waals surface area contributed by atoms with Gasteiger partial charge in [0.2, 0.25) is 0 Å². The van der Waals surface area contributed by atoms with Gasteiger partial charge in [-0.1, -0.05) is 36.4 Å². The van der Waals surface area contributed by atoms with Crippen molar-refractivity contribution in [3.8, 4) is 5.75 Å². The summed E-state index contributed by atoms with van der Waals surface area (Å²) in [6.07, 6.45) is 5.24. The third kappa shape index (κ3) is 2.61. The van der Waals surface area contributed by atoms with Gasteiger partial charge in [-0.25, -0.2) is 0 Å². The van der Waals surface area contributed by atoms with Gasteiger partial charge in [-0.05, 0) is 67.5 Å². The molecule has 2 N–H and O–H groups in total. The SMILES string of the molecule is C=CCN1CCC2(c3cccc(O)c3)Cc3[nH]c4c(C)cccc4c3CC2C1. The van der Waals surface area contributed by atoms with Gasteiger partial charge in [-0.2, -0.15) is 0 Å². The predicted molar refractivity (Wildman–Crippen MR) is 115 cm³/mol. The first-order valence-corrected chi connectivity index (χ1v) is 10.3. The molecule has 3 aromatic rings. The molecule has 2 unspecified atom stereocenters. The summed E-state index contributed by atoms with van der Waals surface area (Å²) < 4.78 is 0. The highest BCUT2D eigenvalue weighted by molar-refractivity contribution is 5.87. The molecule has 144 valence electrons. The fourth-order valence-electron chi connectivity index (χ4n) is 5.70. The Kier molecular flexibility index (Phi) is 4.09. The van der Waals surface area contributed by atoms with Crippen LogP contribution in [0.4, 0.5) is 0 Å². The average Bonchev–Trinajstić information content (AvgIpc) is 3.05. The molecule has 1 aliphatic carbocycles. The number of hydrogen-bond donors (Lipinski definition) is 2. The molecule has 1 aliphatic heterocycles. The zero-order valence-corrected chi connectivity index (χ0v) is 16.5. The van der Waals surface area contributed by atoms with E-state index in [0.717, 1.165) is 38.9 Å². The van der Waals surface area contributed by atoms with Gasteiger partial charge in [0.15, 0.2) is 0 Å². The summed E-state index contributed by atoms with van der Waals surface area (Å²) in [6, 6.07) is 14.6. The Morgan fingerprint density at radius 3 is 2.96 bits per heavy atom. The minimum atomic E-state index is 0.0815. The molecule has 1 saturated heterocycles. The van der Waals surface area contributed by atoms with Crippen LogP contribution in [0.3, 0.4) is 0 Å². The number of phenols is 1. The van der Waals surface area contributed by atoms with Gasteiger partial charge in [0.1, 0.15) is 5.75 Å². The normalized spacial score (nSPS) is 24.7. The topological polar surface area (TPSA) is 39.3 Å². The lowest BCUT2D eigenvalue weighted by molar-refractivity contribution is 0.0896. The summed E-state index contributed by atoms with van der Waals surface area (Å²) >= 11 is 0. The molecule has 3 heteroatoms. The van der Waals surface area contributed by atoms with Crippen LogP contribution in [0.1, 0.15) is 28.8 Å². The van der Waals surface area contributed by atoms with E-state index in [-0.39, 0.29) is 5.41 Å². The predicted octanol–water partition coefficient (Wildman–Crippen LogP) is 4.73. The number of benzene rings is 2. The lowest BCUT2D eigenvalue weighted by Crippen LogP contribution is -2.53. The molecule has 5 rings (SSSR count). The Bertz CT molecular complexity index is 1050. The second-order valence-corrected chi connectivity index (χ2v) is 8.66. The van der Waals surface area contributed by atoms with E-state index < -0.39 is 0 Å². The maximum atomic E-state index is 10.2. The number of fused-ring (bicyclic) bond motifs is 4. The highest BCUT2D eigenvalue weighted by Crippen LogP contribution is 2.49. The second kappa shape index (κ2) is 6.52. The van der Waals surface area contributed by atoms with Crippen LogP contribution in [0.15, 0.2) is 55.1 Å². The second-order valence-electron chi connectivity index (χ2n) is 8.66. The highest BCUT2D eigenvalue weighted by Gasteiger charge is 2.47. The summed E-state index contributed by atoms with van der Waals surface area (Å²) in [5.74, 6) is 0.910. The number of hydrogen-bond acceptors (Lipinski definition) is 2. The number of aryl methyl sites for hydroxylation is 1. The van der Waals surface area contributed by atoms with Gasteiger partial charge >= 0.3 is 0 Å². The quantitative estimate of drug-likeness (QED) is 0.653. The Morgan fingerprint density at radius 2 is 2.14 bits per heavy atom. The summed E-state index contributed by atoms with van der Waals surface area (Å²) in [4.78, 5) is 6.30. The summed E-state index contributed by atoms with van der Waals surface area (Å²) in [6.45, 7) is 9.24. The highest BCUT2D eigenvalue weighted by atomic mass is 16.3. The van der Waals surface area contributed by atoms with E-state index in [1.165, 1.54) is 33.3 Å². The molecular weight excluding hydrogens is 344 g/mol. The van der Waals surface area contributed by atoms with Gasteiger partial charge in [0, 0.05) is 35.1 Å². The van der Waals surface area contributed by atoms with Crippen molar-refractivity contribution in [3.63, 3.8) is 0 Å². The lowest BCUT2D eigenvalue weighted by atomic mass is 9.58. The van der Waals surface area contributed by atoms with Crippen molar-refractivity contribution >= 4 is 10.9 Å². The Labute approximate surface area is 166 Å². The average molecular weight is 373 g/mol. The number of aromatic nitrogens is 1. The third-order valence-electron chi connectivity index (χ3n) is 7.12. The van der Waals surface area contributed by atoms with E-state index in [4.69, 9.17) is 0 Å². The number of rotatable bonds is 3. The first-order valence-electron chi connectivity index (χ1n) is 10.3. The molecule has 3 nitrogen and oxygen atoms in total. The number of aromatic amines is 1. The van der Waals surface area contributed by atoms with Gasteiger partial charge in [0.05, 0.1) is 0 Å². The van der Waals surface area contributed by atoms with Crippen LogP contribution in [0.25, 0.3) is 10.9 Å². The fraction of sp³-hybridized carbons (Fsp3) is 0.360. The molecule has 28 heavy (non-hydrogen) atoms. The van der Waals surface area contributed by atoms with Crippen molar-refractivity contribution in [1.29, 1.82) is 0 Å². The number of phenolic OH excluding ortho intramolecular Hbond substituents is 1. The van der Waals surface area contributed by atoms with Crippen molar-refractivity contribution in [2.24, 2.45) is 5.92 Å². The van der Waals surface area contributed by atoms with E-state index in [1.54, 1.807) is 6.07 Å². The molecule has 2 heterocycles. The van der Waals surface area contributed by atoms with Crippen molar-refractivity contribution in [1.82, 2.24) is 9.88 Å². The number of para-hydroxylation sites is 1. The van der Waals surface area contributed by atoms with Crippen LogP contribution in [0.5, 0.6) is 5.75 Å². The Morgan fingerprint density at radius 1 is 1.29 bits per heavy atom. The van der Waals surface area contributed by atoms with Gasteiger partial charge in [0.25, 0.3) is 0 Å². The Hall–Kier alpha value is -2.52. The maximum Gasteiger partial charge on any atom is 0.115 e. The number of nitrogens with zero attached hydrogens (tertiary/aromatic N) is 1. The largest absolute Gasteiger partial charge is 0.508 e. The van der Waals surface area contributed by atoms with Crippen LogP contribution < -0.4 is 0 Å². The van der Waals surface area contributed by atoms with E-state index in [1.807, 2.05) is 18.2 Å². The lowest BCUT2D eigenvalue weighted by Gasteiger charge is -2.51. The van der Waals surface area contributed by atoms with Crippen molar-refractivity contribution < 1.29 is 5.11 Å². The van der Waals surface area contributed by atoms with E-state index in [0.29, 0.717) is 11.7 Å². The minimum Gasteiger partial charge on any atom is -0.508 e. The maximum absolute atomic E-state index is 10.2. The van der Waals surface area contributed by atoms with Crippen LogP contribution in [-0.2, 0) is 18.3 Å². The molecule has 0 radical (unpaired) electrons. The minimum absolute atomic E-state index is 0.0815. The molecule has 2 aromatic carbocycles. The molecule has 0 amide bonds. The molecule has 0 saturated carbocycles. The van der Waals surface area contributed by atoms with Crippen LogP contribution in [0, 0.1) is 12.8 Å². The van der Waals surface area contributed by atoms with Crippen LogP contribution in [0.2, 0.25) is 0 Å². The molecule has 1 fully saturated rings. The summed E-state index contributed by atoms with van der Waals surface area (Å²) in [5, 5.41) is 11.6. The number of H-pyrrole nitrogens is 1. The number of likely N-dealkylation sites (tertiary alicyclic amines) is 1.